The van der Waals surface area contributed by atoms with Gasteiger partial charge in [-0.2, -0.15) is 0 Å². The van der Waals surface area contributed by atoms with Gasteiger partial charge in [0.1, 0.15) is 0 Å². The van der Waals surface area contributed by atoms with Crippen molar-refractivity contribution < 1.29 is 14.6 Å². The topological polar surface area (TPSA) is 46.5 Å². The Balaban J connectivity index is 0. The van der Waals surface area contributed by atoms with Gasteiger partial charge in [-0.25, -0.2) is 0 Å². The Kier molecular flexibility index (Phi) is 9.63. The van der Waals surface area contributed by atoms with Gasteiger partial charge in [-0.05, 0) is 12.1 Å². The molecule has 0 atom stereocenters. The van der Waals surface area contributed by atoms with E-state index in [1.54, 1.807) is 12.1 Å². The number of carbonyl (C=O) groups is 1. The fourth-order valence-electron chi connectivity index (χ4n) is 0.698. The van der Waals surface area contributed by atoms with E-state index >= 15 is 0 Å². The normalized spacial score (nSPS) is 7.77. The monoisotopic (exact) mass is 200 g/mol. The molecule has 0 saturated carbocycles. The molecule has 5 heteroatoms. The molecule has 62 valence electrons. The van der Waals surface area contributed by atoms with Crippen LogP contribution in [0.3, 0.4) is 0 Å². The number of para-hydroxylation sites is 2. The molecule has 0 aliphatic rings. The van der Waals surface area contributed by atoms with E-state index in [9.17, 15) is 4.79 Å². The van der Waals surface area contributed by atoms with Gasteiger partial charge in [0.05, 0.1) is 0 Å². The molecule has 1 rings (SSSR count). The SMILES string of the molecule is CC(=O)Oc1ccccc1O.[NaH].[NaH]. The van der Waals surface area contributed by atoms with Crippen LogP contribution in [0.4, 0.5) is 0 Å². The molecular formula is C8H10Na2O3. The molecule has 0 aliphatic heterocycles. The minimum atomic E-state index is -0.438. The zero-order chi connectivity index (χ0) is 8.27. The van der Waals surface area contributed by atoms with E-state index in [4.69, 9.17) is 5.11 Å². The van der Waals surface area contributed by atoms with Gasteiger partial charge in [-0.15, -0.1) is 0 Å². The van der Waals surface area contributed by atoms with E-state index in [0.29, 0.717) is 0 Å². The molecule has 0 fully saturated rings. The first kappa shape index (κ1) is 15.9. The van der Waals surface area contributed by atoms with Crippen LogP contribution in [0.1, 0.15) is 6.92 Å². The zero-order valence-electron chi connectivity index (χ0n) is 6.07. The first-order chi connectivity index (χ1) is 5.20. The maximum atomic E-state index is 10.4. The minimum absolute atomic E-state index is 0. The summed E-state index contributed by atoms with van der Waals surface area (Å²) >= 11 is 0. The molecule has 1 aromatic rings. The molecule has 0 heterocycles. The molecule has 0 aromatic heterocycles. The fraction of sp³-hybridized carbons (Fsp3) is 0.125. The Hall–Kier alpha value is 0.490. The number of hydrogen-bond donors (Lipinski definition) is 1. The average Bonchev–Trinajstić information content (AvgIpc) is 1.93. The van der Waals surface area contributed by atoms with Gasteiger partial charge in [0.2, 0.25) is 0 Å². The van der Waals surface area contributed by atoms with Crippen molar-refractivity contribution >= 4 is 65.1 Å². The van der Waals surface area contributed by atoms with Gasteiger partial charge in [0, 0.05) is 6.92 Å². The van der Waals surface area contributed by atoms with Crippen LogP contribution >= 0.6 is 0 Å². The second kappa shape index (κ2) is 7.85. The van der Waals surface area contributed by atoms with Gasteiger partial charge in [0.15, 0.2) is 11.5 Å². The van der Waals surface area contributed by atoms with E-state index < -0.39 is 5.97 Å². The predicted molar refractivity (Wildman–Crippen MR) is 53.7 cm³/mol. The first-order valence-electron chi connectivity index (χ1n) is 3.16. The summed E-state index contributed by atoms with van der Waals surface area (Å²) in [5.41, 5.74) is 0. The number of carbonyl (C=O) groups excluding carboxylic acids is 1. The number of phenolic OH excluding ortho intramolecular Hbond substituents is 1. The number of esters is 1. The third kappa shape index (κ3) is 5.73. The molecule has 0 bridgehead atoms. The van der Waals surface area contributed by atoms with Crippen molar-refractivity contribution in [1.82, 2.24) is 0 Å². The summed E-state index contributed by atoms with van der Waals surface area (Å²) in [5.74, 6) is -0.269. The molecule has 3 nitrogen and oxygen atoms in total. The summed E-state index contributed by atoms with van der Waals surface area (Å²) in [6, 6.07) is 6.31. The molecule has 0 aliphatic carbocycles. The van der Waals surface area contributed by atoms with Crippen LogP contribution in [0.25, 0.3) is 0 Å². The third-order valence-corrected chi connectivity index (χ3v) is 1.12. The van der Waals surface area contributed by atoms with Crippen molar-refractivity contribution in [3.8, 4) is 11.5 Å². The van der Waals surface area contributed by atoms with E-state index in [-0.39, 0.29) is 70.6 Å². The Bertz CT molecular complexity index is 276. The van der Waals surface area contributed by atoms with E-state index in [1.165, 1.54) is 19.1 Å². The number of phenols is 1. The van der Waals surface area contributed by atoms with Crippen LogP contribution in [-0.2, 0) is 4.79 Å². The maximum absolute atomic E-state index is 10.4. The summed E-state index contributed by atoms with van der Waals surface area (Å²) in [7, 11) is 0. The predicted octanol–water partition coefficient (Wildman–Crippen LogP) is 0.0205. The summed E-state index contributed by atoms with van der Waals surface area (Å²) < 4.78 is 4.66. The number of hydrogen-bond acceptors (Lipinski definition) is 3. The summed E-state index contributed by atoms with van der Waals surface area (Å²) in [6.45, 7) is 1.28. The van der Waals surface area contributed by atoms with Crippen molar-refractivity contribution in [2.24, 2.45) is 0 Å². The van der Waals surface area contributed by atoms with E-state index in [0.717, 1.165) is 0 Å². The molecule has 0 amide bonds. The van der Waals surface area contributed by atoms with Crippen molar-refractivity contribution in [2.75, 3.05) is 0 Å². The third-order valence-electron chi connectivity index (χ3n) is 1.12. The Morgan fingerprint density at radius 2 is 1.85 bits per heavy atom. The van der Waals surface area contributed by atoms with Crippen LogP contribution in [0.5, 0.6) is 11.5 Å². The van der Waals surface area contributed by atoms with Crippen LogP contribution < -0.4 is 4.74 Å². The van der Waals surface area contributed by atoms with Gasteiger partial charge in [0.25, 0.3) is 0 Å². The molecule has 1 aromatic carbocycles. The molecular weight excluding hydrogens is 190 g/mol. The van der Waals surface area contributed by atoms with Crippen LogP contribution in [0, 0.1) is 0 Å². The summed E-state index contributed by atoms with van der Waals surface area (Å²) in [6.07, 6.45) is 0. The van der Waals surface area contributed by atoms with Crippen molar-refractivity contribution in [2.45, 2.75) is 6.92 Å². The summed E-state index contributed by atoms with van der Waals surface area (Å²) in [4.78, 5) is 10.4. The van der Waals surface area contributed by atoms with Crippen molar-refractivity contribution in [3.05, 3.63) is 24.3 Å². The molecule has 0 unspecified atom stereocenters. The van der Waals surface area contributed by atoms with Gasteiger partial charge in [-0.1, -0.05) is 12.1 Å². The molecule has 1 N–H and O–H groups in total. The number of rotatable bonds is 1. The van der Waals surface area contributed by atoms with Gasteiger partial charge < -0.3 is 9.84 Å². The standard InChI is InChI=1S/C8H8O3.2Na.2H/c1-6(9)11-8-5-3-2-4-7(8)10;;;;/h2-5,10H,1H3;;;;. The van der Waals surface area contributed by atoms with Crippen LogP contribution in [0.2, 0.25) is 0 Å². The number of ether oxygens (including phenoxy) is 1. The van der Waals surface area contributed by atoms with Gasteiger partial charge in [-0.3, -0.25) is 4.79 Å². The van der Waals surface area contributed by atoms with Crippen LogP contribution in [-0.4, -0.2) is 70.2 Å². The van der Waals surface area contributed by atoms with Crippen LogP contribution in [0.15, 0.2) is 24.3 Å². The number of aromatic hydroxyl groups is 1. The zero-order valence-corrected chi connectivity index (χ0v) is 6.07. The Labute approximate surface area is 121 Å². The second-order valence-corrected chi connectivity index (χ2v) is 2.06. The Morgan fingerprint density at radius 1 is 1.31 bits per heavy atom. The molecule has 0 spiro atoms. The molecule has 0 saturated heterocycles. The summed E-state index contributed by atoms with van der Waals surface area (Å²) in [5, 5.41) is 9.08. The number of benzene rings is 1. The van der Waals surface area contributed by atoms with Crippen molar-refractivity contribution in [1.29, 1.82) is 0 Å². The average molecular weight is 200 g/mol. The Morgan fingerprint density at radius 3 is 2.31 bits per heavy atom. The fourth-order valence-corrected chi connectivity index (χ4v) is 0.698. The second-order valence-electron chi connectivity index (χ2n) is 2.06. The van der Waals surface area contributed by atoms with E-state index in [2.05, 4.69) is 4.74 Å². The van der Waals surface area contributed by atoms with E-state index in [1.807, 2.05) is 0 Å². The first-order valence-corrected chi connectivity index (χ1v) is 3.16. The van der Waals surface area contributed by atoms with Gasteiger partial charge >= 0.3 is 65.1 Å². The molecule has 13 heavy (non-hydrogen) atoms. The quantitative estimate of drug-likeness (QED) is 0.395. The van der Waals surface area contributed by atoms with Crippen molar-refractivity contribution in [3.63, 3.8) is 0 Å². The molecule has 0 radical (unpaired) electrons.